The Morgan fingerprint density at radius 3 is 2.44 bits per heavy atom. The number of aldehydes is 1. The molecule has 0 amide bonds. The Balaban J connectivity index is 1.79. The number of benzene rings is 1. The first-order valence-electron chi connectivity index (χ1n) is 8.99. The van der Waals surface area contributed by atoms with Crippen LogP contribution in [0.5, 0.6) is 0 Å². The van der Waals surface area contributed by atoms with E-state index in [4.69, 9.17) is 0 Å². The van der Waals surface area contributed by atoms with E-state index in [1.165, 1.54) is 0 Å². The minimum Gasteiger partial charge on any atom is -0.385 e. The summed E-state index contributed by atoms with van der Waals surface area (Å²) < 4.78 is 26.6. The van der Waals surface area contributed by atoms with Gasteiger partial charge in [0.05, 0.1) is 4.75 Å². The lowest BCUT2D eigenvalue weighted by molar-refractivity contribution is -0.107. The lowest BCUT2D eigenvalue weighted by atomic mass is 9.86. The van der Waals surface area contributed by atoms with Crippen LogP contribution in [0.25, 0.3) is 0 Å². The van der Waals surface area contributed by atoms with Crippen LogP contribution in [0.3, 0.4) is 0 Å². The molecule has 0 aliphatic heterocycles. The maximum atomic E-state index is 12.2. The van der Waals surface area contributed by atoms with Gasteiger partial charge < -0.3 is 10.1 Å². The maximum absolute atomic E-state index is 12.2. The molecule has 0 heterocycles. The van der Waals surface area contributed by atoms with Crippen molar-refractivity contribution < 1.29 is 13.2 Å². The molecule has 0 unspecified atom stereocenters. The van der Waals surface area contributed by atoms with E-state index in [-0.39, 0.29) is 6.04 Å². The van der Waals surface area contributed by atoms with E-state index in [0.717, 1.165) is 49.8 Å². The van der Waals surface area contributed by atoms with Crippen molar-refractivity contribution in [3.05, 3.63) is 29.8 Å². The fourth-order valence-corrected chi connectivity index (χ4v) is 4.08. The van der Waals surface area contributed by atoms with Crippen molar-refractivity contribution >= 4 is 22.0 Å². The summed E-state index contributed by atoms with van der Waals surface area (Å²) in [7, 11) is -3.27. The Kier molecular flexibility index (Phi) is 6.63. The molecule has 0 bridgehead atoms. The molecule has 2 rings (SSSR count). The van der Waals surface area contributed by atoms with Crippen molar-refractivity contribution in [1.82, 2.24) is 4.72 Å². The lowest BCUT2D eigenvalue weighted by Gasteiger charge is -2.31. The monoisotopic (exact) mass is 366 g/mol. The predicted molar refractivity (Wildman–Crippen MR) is 102 cm³/mol. The van der Waals surface area contributed by atoms with Gasteiger partial charge in [-0.3, -0.25) is 0 Å². The van der Waals surface area contributed by atoms with Crippen molar-refractivity contribution in [2.75, 3.05) is 11.9 Å². The van der Waals surface area contributed by atoms with Crippen LogP contribution in [0.2, 0.25) is 0 Å². The van der Waals surface area contributed by atoms with Crippen molar-refractivity contribution in [3.8, 4) is 0 Å². The van der Waals surface area contributed by atoms with Crippen molar-refractivity contribution in [3.63, 3.8) is 0 Å². The second-order valence-electron chi connectivity index (χ2n) is 7.90. The zero-order valence-corrected chi connectivity index (χ0v) is 16.2. The van der Waals surface area contributed by atoms with Crippen molar-refractivity contribution in [1.29, 1.82) is 0 Å². The van der Waals surface area contributed by atoms with Crippen LogP contribution in [0, 0.1) is 5.92 Å². The van der Waals surface area contributed by atoms with Crippen LogP contribution < -0.4 is 10.0 Å². The maximum Gasteiger partial charge on any atom is 0.216 e. The van der Waals surface area contributed by atoms with Crippen LogP contribution in [-0.4, -0.2) is 32.0 Å². The first kappa shape index (κ1) is 19.9. The van der Waals surface area contributed by atoms with Gasteiger partial charge in [0.2, 0.25) is 10.0 Å². The molecule has 25 heavy (non-hydrogen) atoms. The van der Waals surface area contributed by atoms with Gasteiger partial charge in [-0.05, 0) is 70.1 Å². The largest absolute Gasteiger partial charge is 0.385 e. The Hall–Kier alpha value is -1.40. The minimum atomic E-state index is -3.27. The highest BCUT2D eigenvalue weighted by Crippen LogP contribution is 2.26. The normalized spacial score (nSPS) is 21.7. The molecular weight excluding hydrogens is 336 g/mol. The third kappa shape index (κ3) is 5.82. The van der Waals surface area contributed by atoms with E-state index in [0.29, 0.717) is 12.3 Å². The molecule has 140 valence electrons. The number of anilines is 1. The SMILES string of the molecule is CC(C)(C)S(=O)(=O)NC1CCC(CNc2cccc(CC=O)c2)CC1. The molecule has 0 spiro atoms. The Morgan fingerprint density at radius 1 is 1.16 bits per heavy atom. The highest BCUT2D eigenvalue weighted by Gasteiger charge is 2.32. The van der Waals surface area contributed by atoms with Gasteiger partial charge in [0.25, 0.3) is 0 Å². The van der Waals surface area contributed by atoms with Crippen LogP contribution in [0.1, 0.15) is 52.0 Å². The van der Waals surface area contributed by atoms with Gasteiger partial charge >= 0.3 is 0 Å². The molecule has 0 radical (unpaired) electrons. The number of hydrogen-bond donors (Lipinski definition) is 2. The molecule has 2 N–H and O–H groups in total. The van der Waals surface area contributed by atoms with Gasteiger partial charge in [0.15, 0.2) is 0 Å². The topological polar surface area (TPSA) is 75.3 Å². The fourth-order valence-electron chi connectivity index (χ4n) is 3.05. The molecule has 0 aromatic heterocycles. The third-order valence-corrected chi connectivity index (χ3v) is 7.07. The van der Waals surface area contributed by atoms with E-state index >= 15 is 0 Å². The average molecular weight is 367 g/mol. The average Bonchev–Trinajstić information content (AvgIpc) is 2.53. The second kappa shape index (κ2) is 8.32. The molecule has 1 aromatic rings. The summed E-state index contributed by atoms with van der Waals surface area (Å²) in [6.45, 7) is 6.06. The highest BCUT2D eigenvalue weighted by atomic mass is 32.2. The zero-order valence-electron chi connectivity index (χ0n) is 15.4. The molecule has 1 aliphatic carbocycles. The standard InChI is InChI=1S/C19H30N2O3S/c1-19(2,3)25(23,24)21-17-9-7-16(8-10-17)14-20-18-6-4-5-15(13-18)11-12-22/h4-6,12-13,16-17,20-21H,7-11,14H2,1-3H3. The molecule has 1 fully saturated rings. The molecule has 0 saturated heterocycles. The first-order valence-corrected chi connectivity index (χ1v) is 10.5. The summed E-state index contributed by atoms with van der Waals surface area (Å²) in [6, 6.07) is 7.98. The van der Waals surface area contributed by atoms with Crippen LogP contribution in [0.15, 0.2) is 24.3 Å². The van der Waals surface area contributed by atoms with Gasteiger partial charge in [0.1, 0.15) is 6.29 Å². The molecule has 0 atom stereocenters. The number of sulfonamides is 1. The van der Waals surface area contributed by atoms with Crippen LogP contribution in [-0.2, 0) is 21.2 Å². The summed E-state index contributed by atoms with van der Waals surface area (Å²) >= 11 is 0. The van der Waals surface area contributed by atoms with Gasteiger partial charge in [-0.15, -0.1) is 0 Å². The van der Waals surface area contributed by atoms with Gasteiger partial charge in [-0.1, -0.05) is 12.1 Å². The number of carbonyl (C=O) groups excluding carboxylic acids is 1. The molecule has 5 nitrogen and oxygen atoms in total. The Morgan fingerprint density at radius 2 is 1.84 bits per heavy atom. The molecule has 6 heteroatoms. The van der Waals surface area contributed by atoms with E-state index in [9.17, 15) is 13.2 Å². The van der Waals surface area contributed by atoms with Gasteiger partial charge in [-0.25, -0.2) is 13.1 Å². The summed E-state index contributed by atoms with van der Waals surface area (Å²) in [5.74, 6) is 0.546. The van der Waals surface area contributed by atoms with E-state index in [1.54, 1.807) is 20.8 Å². The summed E-state index contributed by atoms with van der Waals surface area (Å²) in [6.07, 6.45) is 5.14. The smallest absolute Gasteiger partial charge is 0.216 e. The van der Waals surface area contributed by atoms with Crippen LogP contribution >= 0.6 is 0 Å². The second-order valence-corrected chi connectivity index (χ2v) is 10.4. The predicted octanol–water partition coefficient (Wildman–Crippen LogP) is 3.12. The Bertz CT molecular complexity index is 672. The van der Waals surface area contributed by atoms with E-state index in [2.05, 4.69) is 10.0 Å². The van der Waals surface area contributed by atoms with Gasteiger partial charge in [0, 0.05) is 24.7 Å². The van der Waals surface area contributed by atoms with Crippen molar-refractivity contribution in [2.24, 2.45) is 5.92 Å². The Labute approximate surface area is 151 Å². The summed E-state index contributed by atoms with van der Waals surface area (Å²) in [5, 5.41) is 3.45. The minimum absolute atomic E-state index is 0.0522. The van der Waals surface area contributed by atoms with Crippen LogP contribution in [0.4, 0.5) is 5.69 Å². The molecule has 1 saturated carbocycles. The third-order valence-electron chi connectivity index (χ3n) is 4.82. The summed E-state index contributed by atoms with van der Waals surface area (Å²) in [5.41, 5.74) is 2.05. The van der Waals surface area contributed by atoms with Crippen molar-refractivity contribution in [2.45, 2.75) is 63.7 Å². The lowest BCUT2D eigenvalue weighted by Crippen LogP contribution is -2.46. The number of carbonyl (C=O) groups is 1. The van der Waals surface area contributed by atoms with Gasteiger partial charge in [-0.2, -0.15) is 0 Å². The molecule has 1 aromatic carbocycles. The fraction of sp³-hybridized carbons (Fsp3) is 0.632. The molecule has 1 aliphatic rings. The summed E-state index contributed by atoms with van der Waals surface area (Å²) in [4.78, 5) is 10.6. The molecular formula is C19H30N2O3S. The quantitative estimate of drug-likeness (QED) is 0.727. The van der Waals surface area contributed by atoms with E-state index < -0.39 is 14.8 Å². The number of nitrogens with one attached hydrogen (secondary N) is 2. The van der Waals surface area contributed by atoms with E-state index in [1.807, 2.05) is 24.3 Å². The zero-order chi connectivity index (χ0) is 18.5. The number of rotatable bonds is 7. The first-order chi connectivity index (χ1) is 11.7. The number of hydrogen-bond acceptors (Lipinski definition) is 4. The highest BCUT2D eigenvalue weighted by molar-refractivity contribution is 7.90.